The fraction of sp³-hybridized carbons (Fsp3) is 0.286. The number of aromatic nitrogens is 3. The van der Waals surface area contributed by atoms with Crippen LogP contribution in [0, 0.1) is 0 Å². The van der Waals surface area contributed by atoms with Crippen LogP contribution in [0.15, 0.2) is 40.4 Å². The standard InChI is InChI=1S/C14H16N4O3S/c1-9(2)21-11-5-3-10(4-6-11)16-13(20)8-22-14-17-12(19)7-15-18-14/h3-7,9H,8H2,1-2H3,(H,16,20)(H,17,18,19). The molecular formula is C14H16N4O3S. The minimum atomic E-state index is -0.348. The molecule has 0 aliphatic heterocycles. The van der Waals surface area contributed by atoms with E-state index >= 15 is 0 Å². The monoisotopic (exact) mass is 320 g/mol. The second kappa shape index (κ2) is 7.60. The summed E-state index contributed by atoms with van der Waals surface area (Å²) in [7, 11) is 0. The van der Waals surface area contributed by atoms with E-state index in [2.05, 4.69) is 20.5 Å². The molecule has 0 atom stereocenters. The smallest absolute Gasteiger partial charge is 0.270 e. The van der Waals surface area contributed by atoms with E-state index in [9.17, 15) is 9.59 Å². The van der Waals surface area contributed by atoms with Crippen LogP contribution in [0.1, 0.15) is 13.8 Å². The lowest BCUT2D eigenvalue weighted by Gasteiger charge is -2.10. The molecule has 7 nitrogen and oxygen atoms in total. The number of thioether (sulfide) groups is 1. The number of benzene rings is 1. The zero-order valence-electron chi connectivity index (χ0n) is 12.2. The topological polar surface area (TPSA) is 97.0 Å². The summed E-state index contributed by atoms with van der Waals surface area (Å²) in [5.41, 5.74) is 0.327. The Morgan fingerprint density at radius 2 is 2.09 bits per heavy atom. The molecular weight excluding hydrogens is 304 g/mol. The maximum absolute atomic E-state index is 11.8. The minimum absolute atomic E-state index is 0.103. The van der Waals surface area contributed by atoms with E-state index in [1.807, 2.05) is 13.8 Å². The Morgan fingerprint density at radius 3 is 2.73 bits per heavy atom. The summed E-state index contributed by atoms with van der Waals surface area (Å²) < 4.78 is 5.52. The van der Waals surface area contributed by atoms with Crippen LogP contribution in [0.4, 0.5) is 5.69 Å². The Labute approximate surface area is 131 Å². The zero-order valence-corrected chi connectivity index (χ0v) is 13.0. The number of hydrogen-bond acceptors (Lipinski definition) is 6. The van der Waals surface area contributed by atoms with Crippen molar-refractivity contribution in [3.63, 3.8) is 0 Å². The van der Waals surface area contributed by atoms with E-state index in [4.69, 9.17) is 4.74 Å². The average Bonchev–Trinajstić information content (AvgIpc) is 2.47. The molecule has 0 radical (unpaired) electrons. The van der Waals surface area contributed by atoms with Crippen LogP contribution in [0.5, 0.6) is 5.75 Å². The molecule has 2 rings (SSSR count). The van der Waals surface area contributed by atoms with Crippen molar-refractivity contribution in [3.8, 4) is 5.75 Å². The molecule has 0 spiro atoms. The van der Waals surface area contributed by atoms with Gasteiger partial charge in [-0.3, -0.25) is 14.6 Å². The van der Waals surface area contributed by atoms with Gasteiger partial charge >= 0.3 is 0 Å². The van der Waals surface area contributed by atoms with Crippen LogP contribution in [-0.4, -0.2) is 32.9 Å². The van der Waals surface area contributed by atoms with Crippen LogP contribution < -0.4 is 15.6 Å². The van der Waals surface area contributed by atoms with Crippen molar-refractivity contribution in [2.24, 2.45) is 0 Å². The van der Waals surface area contributed by atoms with Gasteiger partial charge in [0, 0.05) is 5.69 Å². The lowest BCUT2D eigenvalue weighted by atomic mass is 10.3. The highest BCUT2D eigenvalue weighted by molar-refractivity contribution is 7.99. The van der Waals surface area contributed by atoms with Gasteiger partial charge in [-0.15, -0.1) is 5.10 Å². The summed E-state index contributed by atoms with van der Waals surface area (Å²) in [6.07, 6.45) is 1.18. The molecule has 1 aromatic carbocycles. The SMILES string of the molecule is CC(C)Oc1ccc(NC(=O)CSc2nncc(=O)[nH]2)cc1. The number of carbonyl (C=O) groups excluding carboxylic acids is 1. The van der Waals surface area contributed by atoms with Gasteiger partial charge in [0.25, 0.3) is 5.56 Å². The molecule has 0 unspecified atom stereocenters. The van der Waals surface area contributed by atoms with Gasteiger partial charge in [-0.1, -0.05) is 11.8 Å². The fourth-order valence-electron chi connectivity index (χ4n) is 1.58. The van der Waals surface area contributed by atoms with Gasteiger partial charge < -0.3 is 10.1 Å². The molecule has 1 aromatic heterocycles. The van der Waals surface area contributed by atoms with Gasteiger partial charge in [0.15, 0.2) is 5.16 Å². The van der Waals surface area contributed by atoms with Gasteiger partial charge in [-0.25, -0.2) is 0 Å². The largest absolute Gasteiger partial charge is 0.491 e. The molecule has 0 aliphatic rings. The quantitative estimate of drug-likeness (QED) is 0.786. The number of carbonyl (C=O) groups is 1. The first-order valence-electron chi connectivity index (χ1n) is 6.64. The number of anilines is 1. The summed E-state index contributed by atoms with van der Waals surface area (Å²) in [6.45, 7) is 3.90. The number of H-pyrrole nitrogens is 1. The normalized spacial score (nSPS) is 10.5. The van der Waals surface area contributed by atoms with Crippen molar-refractivity contribution in [1.82, 2.24) is 15.2 Å². The molecule has 0 fully saturated rings. The number of aromatic amines is 1. The van der Waals surface area contributed by atoms with E-state index < -0.39 is 0 Å². The number of hydrogen-bond donors (Lipinski definition) is 2. The molecule has 0 bridgehead atoms. The highest BCUT2D eigenvalue weighted by Gasteiger charge is 2.06. The second-order valence-electron chi connectivity index (χ2n) is 4.67. The Kier molecular flexibility index (Phi) is 5.54. The van der Waals surface area contributed by atoms with Crippen molar-refractivity contribution >= 4 is 23.4 Å². The van der Waals surface area contributed by atoms with Crippen LogP contribution in [0.25, 0.3) is 0 Å². The van der Waals surface area contributed by atoms with Crippen LogP contribution in [0.2, 0.25) is 0 Å². The van der Waals surface area contributed by atoms with Crippen LogP contribution >= 0.6 is 11.8 Å². The predicted octanol–water partition coefficient (Wildman–Crippen LogP) is 1.68. The number of nitrogens with one attached hydrogen (secondary N) is 2. The summed E-state index contributed by atoms with van der Waals surface area (Å²) >= 11 is 1.11. The van der Waals surface area contributed by atoms with Crippen molar-refractivity contribution in [1.29, 1.82) is 0 Å². The van der Waals surface area contributed by atoms with Crippen molar-refractivity contribution in [2.75, 3.05) is 11.1 Å². The van der Waals surface area contributed by atoms with Gasteiger partial charge in [0.05, 0.1) is 11.9 Å². The van der Waals surface area contributed by atoms with Crippen LogP contribution in [0.3, 0.4) is 0 Å². The van der Waals surface area contributed by atoms with E-state index in [0.717, 1.165) is 23.7 Å². The van der Waals surface area contributed by atoms with Gasteiger partial charge in [0.2, 0.25) is 5.91 Å². The van der Waals surface area contributed by atoms with Crippen molar-refractivity contribution in [3.05, 3.63) is 40.8 Å². The summed E-state index contributed by atoms with van der Waals surface area (Å²) in [6, 6.07) is 7.13. The first-order valence-corrected chi connectivity index (χ1v) is 7.63. The van der Waals surface area contributed by atoms with E-state index in [1.54, 1.807) is 24.3 Å². The Bertz CT molecular complexity index is 685. The third kappa shape index (κ3) is 5.21. The third-order valence-electron chi connectivity index (χ3n) is 2.40. The first-order chi connectivity index (χ1) is 10.5. The second-order valence-corrected chi connectivity index (χ2v) is 5.63. The third-order valence-corrected chi connectivity index (χ3v) is 3.27. The molecule has 0 saturated heterocycles. The van der Waals surface area contributed by atoms with E-state index in [0.29, 0.717) is 10.8 Å². The number of nitrogens with zero attached hydrogens (tertiary/aromatic N) is 2. The molecule has 2 aromatic rings. The first kappa shape index (κ1) is 16.0. The van der Waals surface area contributed by atoms with E-state index in [-0.39, 0.29) is 23.3 Å². The molecule has 0 aliphatic carbocycles. The Balaban J connectivity index is 1.85. The van der Waals surface area contributed by atoms with Crippen molar-refractivity contribution in [2.45, 2.75) is 25.1 Å². The maximum atomic E-state index is 11.8. The Hall–Kier alpha value is -2.35. The highest BCUT2D eigenvalue weighted by Crippen LogP contribution is 2.17. The van der Waals surface area contributed by atoms with Crippen LogP contribution in [-0.2, 0) is 4.79 Å². The lowest BCUT2D eigenvalue weighted by Crippen LogP contribution is -2.15. The molecule has 22 heavy (non-hydrogen) atoms. The maximum Gasteiger partial charge on any atom is 0.270 e. The number of ether oxygens (including phenoxy) is 1. The molecule has 8 heteroatoms. The minimum Gasteiger partial charge on any atom is -0.491 e. The summed E-state index contributed by atoms with van der Waals surface area (Å²) in [5.74, 6) is 0.673. The highest BCUT2D eigenvalue weighted by atomic mass is 32.2. The van der Waals surface area contributed by atoms with E-state index in [1.165, 1.54) is 0 Å². The average molecular weight is 320 g/mol. The summed E-state index contributed by atoms with van der Waals surface area (Å²) in [4.78, 5) is 25.4. The number of amides is 1. The van der Waals surface area contributed by atoms with Gasteiger partial charge in [-0.05, 0) is 38.1 Å². The summed E-state index contributed by atoms with van der Waals surface area (Å²) in [5, 5.41) is 10.3. The fourth-order valence-corrected chi connectivity index (χ4v) is 2.20. The van der Waals surface area contributed by atoms with Gasteiger partial charge in [0.1, 0.15) is 11.9 Å². The van der Waals surface area contributed by atoms with Crippen molar-refractivity contribution < 1.29 is 9.53 Å². The lowest BCUT2D eigenvalue weighted by molar-refractivity contribution is -0.113. The molecule has 0 saturated carbocycles. The molecule has 1 heterocycles. The Morgan fingerprint density at radius 1 is 1.36 bits per heavy atom. The predicted molar refractivity (Wildman–Crippen MR) is 84.2 cm³/mol. The zero-order chi connectivity index (χ0) is 15.9. The van der Waals surface area contributed by atoms with Gasteiger partial charge in [-0.2, -0.15) is 5.10 Å². The molecule has 1 amide bonds. The molecule has 116 valence electrons. The number of rotatable bonds is 6. The molecule has 2 N–H and O–H groups in total.